The van der Waals surface area contributed by atoms with Gasteiger partial charge in [-0.1, -0.05) is 0 Å². The topological polar surface area (TPSA) is 87.0 Å². The van der Waals surface area contributed by atoms with Crippen molar-refractivity contribution in [1.29, 1.82) is 0 Å². The summed E-state index contributed by atoms with van der Waals surface area (Å²) in [4.78, 5) is 41.6. The highest BCUT2D eigenvalue weighted by molar-refractivity contribution is 5.80. The number of rotatable bonds is 3. The van der Waals surface area contributed by atoms with Gasteiger partial charge >= 0.3 is 0 Å². The summed E-state index contributed by atoms with van der Waals surface area (Å²) in [6.45, 7) is 4.12. The maximum Gasteiger partial charge on any atom is 0.231 e. The Balaban J connectivity index is 1.53. The van der Waals surface area contributed by atoms with Crippen molar-refractivity contribution in [3.63, 3.8) is 0 Å². The zero-order valence-electron chi connectivity index (χ0n) is 15.2. The third-order valence-corrected chi connectivity index (χ3v) is 6.24. The number of likely N-dealkylation sites (tertiary alicyclic amines) is 3. The Hall–Kier alpha value is -1.63. The van der Waals surface area contributed by atoms with E-state index >= 15 is 0 Å². The van der Waals surface area contributed by atoms with Gasteiger partial charge in [-0.3, -0.25) is 19.3 Å². The molecule has 7 nitrogen and oxygen atoms in total. The van der Waals surface area contributed by atoms with E-state index in [0.29, 0.717) is 13.0 Å². The van der Waals surface area contributed by atoms with Crippen LogP contribution in [0.25, 0.3) is 0 Å². The van der Waals surface area contributed by atoms with E-state index in [9.17, 15) is 14.4 Å². The second kappa shape index (κ2) is 7.32. The van der Waals surface area contributed by atoms with Crippen molar-refractivity contribution in [2.24, 2.45) is 17.1 Å². The molecule has 25 heavy (non-hydrogen) atoms. The summed E-state index contributed by atoms with van der Waals surface area (Å²) in [6, 6.07) is 0. The molecule has 0 aromatic heterocycles. The minimum absolute atomic E-state index is 0.0160. The lowest BCUT2D eigenvalue weighted by Gasteiger charge is -2.47. The van der Waals surface area contributed by atoms with Crippen molar-refractivity contribution in [2.75, 3.05) is 46.3 Å². The second-order valence-electron chi connectivity index (χ2n) is 8.12. The molecule has 0 aromatic carbocycles. The first-order valence-electron chi connectivity index (χ1n) is 9.42. The van der Waals surface area contributed by atoms with E-state index in [2.05, 4.69) is 0 Å². The fourth-order valence-electron chi connectivity index (χ4n) is 4.72. The van der Waals surface area contributed by atoms with Gasteiger partial charge in [0.1, 0.15) is 0 Å². The Kier molecular flexibility index (Phi) is 5.32. The lowest BCUT2D eigenvalue weighted by molar-refractivity contribution is -0.144. The van der Waals surface area contributed by atoms with Gasteiger partial charge in [0, 0.05) is 39.6 Å². The third kappa shape index (κ3) is 4.14. The molecule has 0 bridgehead atoms. The van der Waals surface area contributed by atoms with Gasteiger partial charge in [0.05, 0.1) is 12.5 Å². The smallest absolute Gasteiger partial charge is 0.231 e. The molecule has 1 atom stereocenters. The van der Waals surface area contributed by atoms with E-state index in [1.54, 1.807) is 0 Å². The van der Waals surface area contributed by atoms with Gasteiger partial charge in [-0.05, 0) is 44.1 Å². The van der Waals surface area contributed by atoms with Gasteiger partial charge in [0.25, 0.3) is 0 Å². The lowest BCUT2D eigenvalue weighted by Crippen LogP contribution is -2.53. The third-order valence-electron chi connectivity index (χ3n) is 6.24. The number of amides is 3. The number of carbonyl (C=O) groups is 3. The minimum Gasteiger partial charge on any atom is -0.369 e. The van der Waals surface area contributed by atoms with E-state index in [1.165, 1.54) is 0 Å². The number of hydrogen-bond acceptors (Lipinski definition) is 4. The number of primary amides is 1. The highest BCUT2D eigenvalue weighted by Gasteiger charge is 2.41. The summed E-state index contributed by atoms with van der Waals surface area (Å²) in [7, 11) is 1.89. The van der Waals surface area contributed by atoms with Crippen LogP contribution >= 0.6 is 0 Å². The zero-order chi connectivity index (χ0) is 18.0. The molecule has 1 unspecified atom stereocenters. The molecule has 0 saturated carbocycles. The molecule has 3 fully saturated rings. The van der Waals surface area contributed by atoms with Gasteiger partial charge in [-0.2, -0.15) is 0 Å². The lowest BCUT2D eigenvalue weighted by atomic mass is 9.72. The van der Waals surface area contributed by atoms with Crippen molar-refractivity contribution in [1.82, 2.24) is 14.7 Å². The molecule has 3 saturated heterocycles. The molecule has 3 heterocycles. The predicted octanol–water partition coefficient (Wildman–Crippen LogP) is 0.0447. The number of piperidine rings is 3. The van der Waals surface area contributed by atoms with E-state index in [4.69, 9.17) is 5.73 Å². The Morgan fingerprint density at radius 2 is 1.92 bits per heavy atom. The molecule has 0 aliphatic carbocycles. The Labute approximate surface area is 149 Å². The summed E-state index contributed by atoms with van der Waals surface area (Å²) in [5.74, 6) is 0.117. The quantitative estimate of drug-likeness (QED) is 0.779. The summed E-state index contributed by atoms with van der Waals surface area (Å²) >= 11 is 0. The van der Waals surface area contributed by atoms with Crippen LogP contribution in [0.3, 0.4) is 0 Å². The van der Waals surface area contributed by atoms with Gasteiger partial charge in [0.15, 0.2) is 0 Å². The molecule has 7 heteroatoms. The van der Waals surface area contributed by atoms with E-state index in [-0.39, 0.29) is 35.6 Å². The van der Waals surface area contributed by atoms with E-state index in [0.717, 1.165) is 58.3 Å². The standard InChI is InChI=1S/C18H30N4O3/c1-20-13-18(5-4-16(20)24)6-9-22(10-7-18)17(25)14-3-2-8-21(11-14)12-15(19)23/h14H,2-13H2,1H3,(H2,19,23). The van der Waals surface area contributed by atoms with Crippen LogP contribution in [0.4, 0.5) is 0 Å². The molecule has 3 aliphatic rings. The van der Waals surface area contributed by atoms with Gasteiger partial charge < -0.3 is 15.5 Å². The molecular weight excluding hydrogens is 320 g/mol. The van der Waals surface area contributed by atoms with Crippen molar-refractivity contribution in [3.05, 3.63) is 0 Å². The molecular formula is C18H30N4O3. The molecule has 3 rings (SSSR count). The van der Waals surface area contributed by atoms with Crippen LogP contribution in [0.5, 0.6) is 0 Å². The zero-order valence-corrected chi connectivity index (χ0v) is 15.2. The SMILES string of the molecule is CN1CC2(CCC1=O)CCN(C(=O)C1CCCN(CC(N)=O)C1)CC2. The van der Waals surface area contributed by atoms with Crippen molar-refractivity contribution in [3.8, 4) is 0 Å². The Morgan fingerprint density at radius 1 is 1.20 bits per heavy atom. The first-order valence-corrected chi connectivity index (χ1v) is 9.42. The van der Waals surface area contributed by atoms with Gasteiger partial charge in [0.2, 0.25) is 17.7 Å². The summed E-state index contributed by atoms with van der Waals surface area (Å²) in [6.07, 6.45) is 5.38. The van der Waals surface area contributed by atoms with Crippen molar-refractivity contribution >= 4 is 17.7 Å². The maximum atomic E-state index is 12.9. The van der Waals surface area contributed by atoms with E-state index < -0.39 is 0 Å². The van der Waals surface area contributed by atoms with Crippen LogP contribution in [0, 0.1) is 11.3 Å². The van der Waals surface area contributed by atoms with Gasteiger partial charge in [-0.25, -0.2) is 0 Å². The van der Waals surface area contributed by atoms with Crippen LogP contribution in [0.2, 0.25) is 0 Å². The van der Waals surface area contributed by atoms with E-state index in [1.807, 2.05) is 21.7 Å². The van der Waals surface area contributed by atoms with Crippen molar-refractivity contribution in [2.45, 2.75) is 38.5 Å². The molecule has 2 N–H and O–H groups in total. The molecule has 3 aliphatic heterocycles. The fourth-order valence-corrected chi connectivity index (χ4v) is 4.72. The first-order chi connectivity index (χ1) is 11.9. The molecule has 3 amide bonds. The maximum absolute atomic E-state index is 12.9. The minimum atomic E-state index is -0.330. The molecule has 1 spiro atoms. The highest BCUT2D eigenvalue weighted by Crippen LogP contribution is 2.40. The van der Waals surface area contributed by atoms with Crippen LogP contribution in [-0.4, -0.2) is 78.7 Å². The molecule has 0 radical (unpaired) electrons. The molecule has 140 valence electrons. The molecule has 0 aromatic rings. The monoisotopic (exact) mass is 350 g/mol. The average molecular weight is 350 g/mol. The second-order valence-corrected chi connectivity index (χ2v) is 8.12. The Bertz CT molecular complexity index is 542. The van der Waals surface area contributed by atoms with Crippen molar-refractivity contribution < 1.29 is 14.4 Å². The normalized spacial score (nSPS) is 27.6. The highest BCUT2D eigenvalue weighted by atomic mass is 16.2. The first kappa shape index (κ1) is 18.2. The average Bonchev–Trinajstić information content (AvgIpc) is 2.58. The summed E-state index contributed by atoms with van der Waals surface area (Å²) < 4.78 is 0. The summed E-state index contributed by atoms with van der Waals surface area (Å²) in [5, 5.41) is 0. The van der Waals surface area contributed by atoms with Crippen LogP contribution in [0.1, 0.15) is 38.5 Å². The van der Waals surface area contributed by atoms with Crippen LogP contribution in [0.15, 0.2) is 0 Å². The number of hydrogen-bond donors (Lipinski definition) is 1. The predicted molar refractivity (Wildman–Crippen MR) is 93.5 cm³/mol. The van der Waals surface area contributed by atoms with Crippen LogP contribution in [-0.2, 0) is 14.4 Å². The number of carbonyl (C=O) groups excluding carboxylic acids is 3. The number of nitrogens with two attached hydrogens (primary N) is 1. The Morgan fingerprint density at radius 3 is 2.56 bits per heavy atom. The van der Waals surface area contributed by atoms with Crippen LogP contribution < -0.4 is 5.73 Å². The number of nitrogens with zero attached hydrogens (tertiary/aromatic N) is 3. The summed E-state index contributed by atoms with van der Waals surface area (Å²) in [5.41, 5.74) is 5.48. The largest absolute Gasteiger partial charge is 0.369 e. The van der Waals surface area contributed by atoms with Gasteiger partial charge in [-0.15, -0.1) is 0 Å². The fraction of sp³-hybridized carbons (Fsp3) is 0.833.